The third-order valence-electron chi connectivity index (χ3n) is 4.27. The van der Waals surface area contributed by atoms with Gasteiger partial charge in [-0.05, 0) is 56.6 Å². The van der Waals surface area contributed by atoms with E-state index in [1.807, 2.05) is 19.1 Å². The van der Waals surface area contributed by atoms with Crippen LogP contribution in [0.25, 0.3) is 0 Å². The van der Waals surface area contributed by atoms with Gasteiger partial charge >= 0.3 is 0 Å². The second kappa shape index (κ2) is 8.11. The lowest BCUT2D eigenvalue weighted by molar-refractivity contribution is -0.122. The molecule has 0 bridgehead atoms. The van der Waals surface area contributed by atoms with Crippen molar-refractivity contribution < 1.29 is 9.53 Å². The van der Waals surface area contributed by atoms with Gasteiger partial charge in [0.2, 0.25) is 5.91 Å². The summed E-state index contributed by atoms with van der Waals surface area (Å²) in [7, 11) is 1.69. The highest BCUT2D eigenvalue weighted by Gasteiger charge is 2.29. The Labute approximate surface area is 138 Å². The number of rotatable bonds is 8. The van der Waals surface area contributed by atoms with Gasteiger partial charge in [-0.25, -0.2) is 5.43 Å². The minimum absolute atomic E-state index is 0.0289. The molecule has 0 atom stereocenters. The molecule has 1 amide bonds. The van der Waals surface area contributed by atoms with Gasteiger partial charge in [0.25, 0.3) is 0 Å². The normalized spacial score (nSPS) is 14.9. The van der Waals surface area contributed by atoms with Crippen LogP contribution in [0.3, 0.4) is 0 Å². The van der Waals surface area contributed by atoms with E-state index in [1.165, 1.54) is 0 Å². The van der Waals surface area contributed by atoms with Crippen LogP contribution in [0.15, 0.2) is 23.3 Å². The van der Waals surface area contributed by atoms with Crippen LogP contribution in [0.1, 0.15) is 44.7 Å². The van der Waals surface area contributed by atoms with Gasteiger partial charge in [-0.3, -0.25) is 9.69 Å². The van der Waals surface area contributed by atoms with Crippen molar-refractivity contribution >= 4 is 11.6 Å². The SMILES string of the molecule is CCN(CC)Cc1cc(/C(C)=N\NC(=O)C2CC2)ccc1OC. The van der Waals surface area contributed by atoms with Crippen LogP contribution >= 0.6 is 0 Å². The van der Waals surface area contributed by atoms with E-state index in [4.69, 9.17) is 4.74 Å². The molecular formula is C18H27N3O2. The standard InChI is InChI=1S/C18H27N3O2/c1-5-21(6-2)12-16-11-15(9-10-17(16)23-4)13(3)19-20-18(22)14-7-8-14/h9-11,14H,5-8,12H2,1-4H3,(H,20,22)/b19-13-. The van der Waals surface area contributed by atoms with E-state index in [1.54, 1.807) is 7.11 Å². The van der Waals surface area contributed by atoms with Crippen LogP contribution < -0.4 is 10.2 Å². The number of ether oxygens (including phenoxy) is 1. The molecule has 0 radical (unpaired) electrons. The van der Waals surface area contributed by atoms with Crippen LogP contribution in [-0.2, 0) is 11.3 Å². The molecule has 1 aromatic carbocycles. The number of amides is 1. The fourth-order valence-corrected chi connectivity index (χ4v) is 2.46. The zero-order chi connectivity index (χ0) is 16.8. The molecule has 2 rings (SSSR count). The Morgan fingerprint density at radius 3 is 2.61 bits per heavy atom. The van der Waals surface area contributed by atoms with Crippen LogP contribution in [0.5, 0.6) is 5.75 Å². The van der Waals surface area contributed by atoms with Crippen molar-refractivity contribution in [3.8, 4) is 5.75 Å². The molecule has 1 aliphatic carbocycles. The third-order valence-corrected chi connectivity index (χ3v) is 4.27. The molecule has 0 spiro atoms. The molecule has 5 nitrogen and oxygen atoms in total. The van der Waals surface area contributed by atoms with Gasteiger partial charge in [-0.2, -0.15) is 5.10 Å². The fraction of sp³-hybridized carbons (Fsp3) is 0.556. The number of nitrogens with one attached hydrogen (secondary N) is 1. The Hall–Kier alpha value is -1.88. The highest BCUT2D eigenvalue weighted by Crippen LogP contribution is 2.28. The Kier molecular flexibility index (Phi) is 6.16. The van der Waals surface area contributed by atoms with Gasteiger partial charge < -0.3 is 4.74 Å². The number of hydrogen-bond acceptors (Lipinski definition) is 4. The largest absolute Gasteiger partial charge is 0.496 e. The summed E-state index contributed by atoms with van der Waals surface area (Å²) in [6.45, 7) is 9.05. The molecule has 1 aromatic rings. The fourth-order valence-electron chi connectivity index (χ4n) is 2.46. The molecular weight excluding hydrogens is 290 g/mol. The highest BCUT2D eigenvalue weighted by molar-refractivity contribution is 5.99. The number of carbonyl (C=O) groups is 1. The monoisotopic (exact) mass is 317 g/mol. The van der Waals surface area contributed by atoms with Crippen LogP contribution in [-0.4, -0.2) is 36.7 Å². The van der Waals surface area contributed by atoms with Crippen molar-refractivity contribution in [2.45, 2.75) is 40.2 Å². The molecule has 23 heavy (non-hydrogen) atoms. The minimum Gasteiger partial charge on any atom is -0.496 e. The quantitative estimate of drug-likeness (QED) is 0.592. The van der Waals surface area contributed by atoms with Crippen LogP contribution in [0.2, 0.25) is 0 Å². The van der Waals surface area contributed by atoms with E-state index in [0.29, 0.717) is 0 Å². The second-order valence-corrected chi connectivity index (χ2v) is 5.94. The maximum Gasteiger partial charge on any atom is 0.243 e. The molecule has 0 aromatic heterocycles. The van der Waals surface area contributed by atoms with Crippen LogP contribution in [0.4, 0.5) is 0 Å². The van der Waals surface area contributed by atoms with Crippen molar-refractivity contribution in [1.29, 1.82) is 0 Å². The number of hydrazone groups is 1. The van der Waals surface area contributed by atoms with E-state index in [9.17, 15) is 4.79 Å². The number of benzene rings is 1. The first-order valence-electron chi connectivity index (χ1n) is 8.32. The summed E-state index contributed by atoms with van der Waals surface area (Å²) < 4.78 is 5.47. The maximum absolute atomic E-state index is 11.7. The molecule has 0 unspecified atom stereocenters. The van der Waals surface area contributed by atoms with Crippen molar-refractivity contribution in [2.24, 2.45) is 11.0 Å². The molecule has 1 saturated carbocycles. The molecule has 0 aliphatic heterocycles. The van der Waals surface area contributed by atoms with Gasteiger partial charge in [0.15, 0.2) is 0 Å². The summed E-state index contributed by atoms with van der Waals surface area (Å²) in [5.74, 6) is 1.08. The zero-order valence-corrected chi connectivity index (χ0v) is 14.6. The first-order chi connectivity index (χ1) is 11.1. The van der Waals surface area contributed by atoms with Gasteiger partial charge in [-0.15, -0.1) is 0 Å². The van der Waals surface area contributed by atoms with Gasteiger partial charge in [-0.1, -0.05) is 13.8 Å². The second-order valence-electron chi connectivity index (χ2n) is 5.94. The molecule has 1 N–H and O–H groups in total. The van der Waals surface area contributed by atoms with E-state index in [0.717, 1.165) is 55.1 Å². The topological polar surface area (TPSA) is 53.9 Å². The Balaban J connectivity index is 2.14. The number of carbonyl (C=O) groups excluding carboxylic acids is 1. The lowest BCUT2D eigenvalue weighted by Gasteiger charge is -2.20. The number of hydrogen-bond donors (Lipinski definition) is 1. The Morgan fingerprint density at radius 1 is 1.35 bits per heavy atom. The zero-order valence-electron chi connectivity index (χ0n) is 14.6. The molecule has 126 valence electrons. The molecule has 0 saturated heterocycles. The lowest BCUT2D eigenvalue weighted by Crippen LogP contribution is -2.23. The lowest BCUT2D eigenvalue weighted by atomic mass is 10.1. The third kappa shape index (κ3) is 4.79. The van der Waals surface area contributed by atoms with E-state index in [2.05, 4.69) is 35.3 Å². The van der Waals surface area contributed by atoms with Crippen molar-refractivity contribution in [3.63, 3.8) is 0 Å². The van der Waals surface area contributed by atoms with Crippen LogP contribution in [0, 0.1) is 5.92 Å². The maximum atomic E-state index is 11.7. The van der Waals surface area contributed by atoms with E-state index in [-0.39, 0.29) is 11.8 Å². The summed E-state index contributed by atoms with van der Waals surface area (Å²) >= 11 is 0. The number of methoxy groups -OCH3 is 1. The molecule has 5 heteroatoms. The first kappa shape index (κ1) is 17.5. The average molecular weight is 317 g/mol. The minimum atomic E-state index is 0.0289. The van der Waals surface area contributed by atoms with Gasteiger partial charge in [0.1, 0.15) is 5.75 Å². The molecule has 1 fully saturated rings. The summed E-state index contributed by atoms with van der Waals surface area (Å²) in [5, 5.41) is 4.23. The summed E-state index contributed by atoms with van der Waals surface area (Å²) in [6.07, 6.45) is 1.97. The van der Waals surface area contributed by atoms with Crippen molar-refractivity contribution in [1.82, 2.24) is 10.3 Å². The predicted octanol–water partition coefficient (Wildman–Crippen LogP) is 2.79. The molecule has 0 heterocycles. The average Bonchev–Trinajstić information content (AvgIpc) is 3.42. The van der Waals surface area contributed by atoms with Gasteiger partial charge in [0, 0.05) is 18.0 Å². The van der Waals surface area contributed by atoms with Crippen molar-refractivity contribution in [2.75, 3.05) is 20.2 Å². The smallest absolute Gasteiger partial charge is 0.243 e. The van der Waals surface area contributed by atoms with E-state index < -0.39 is 0 Å². The predicted molar refractivity (Wildman–Crippen MR) is 92.7 cm³/mol. The summed E-state index contributed by atoms with van der Waals surface area (Å²) in [4.78, 5) is 14.0. The molecule has 1 aliphatic rings. The van der Waals surface area contributed by atoms with Gasteiger partial charge in [0.05, 0.1) is 12.8 Å². The Bertz CT molecular complexity index is 576. The van der Waals surface area contributed by atoms with Crippen molar-refractivity contribution in [3.05, 3.63) is 29.3 Å². The van der Waals surface area contributed by atoms with E-state index >= 15 is 0 Å². The summed E-state index contributed by atoms with van der Waals surface area (Å²) in [6, 6.07) is 6.04. The Morgan fingerprint density at radius 2 is 2.04 bits per heavy atom. The summed E-state index contributed by atoms with van der Waals surface area (Å²) in [5.41, 5.74) is 5.61. The first-order valence-corrected chi connectivity index (χ1v) is 8.32. The highest BCUT2D eigenvalue weighted by atomic mass is 16.5. The number of nitrogens with zero attached hydrogens (tertiary/aromatic N) is 2.